The van der Waals surface area contributed by atoms with E-state index in [0.717, 1.165) is 18.4 Å². The summed E-state index contributed by atoms with van der Waals surface area (Å²) in [6, 6.07) is 13.7. The number of halogens is 4. The Morgan fingerprint density at radius 3 is 2.00 bits per heavy atom. The zero-order valence-corrected chi connectivity index (χ0v) is 20.8. The van der Waals surface area contributed by atoms with Crippen molar-refractivity contribution in [2.75, 3.05) is 6.61 Å². The summed E-state index contributed by atoms with van der Waals surface area (Å²) in [6.45, 7) is 4.31. The molecule has 1 nitrogen and oxygen atoms in total. The van der Waals surface area contributed by atoms with Gasteiger partial charge in [0.2, 0.25) is 0 Å². The van der Waals surface area contributed by atoms with Crippen LogP contribution in [0.3, 0.4) is 0 Å². The predicted octanol–water partition coefficient (Wildman–Crippen LogP) is 8.49. The molecule has 2 atom stereocenters. The normalized spacial score (nSPS) is 18.2. The maximum absolute atomic E-state index is 15.1. The van der Waals surface area contributed by atoms with Gasteiger partial charge in [-0.25, -0.2) is 17.6 Å². The van der Waals surface area contributed by atoms with E-state index in [1.807, 2.05) is 31.2 Å². The molecule has 0 radical (unpaired) electrons. The van der Waals surface area contributed by atoms with Crippen molar-refractivity contribution < 1.29 is 22.3 Å². The standard InChI is InChI=1S/C31H32F4O/c1-3-5-20-7-9-21(10-8-20)11-12-22-14-16-26(30(34)28(22)32)27-18-17-25(29(33)31(27)35)23-13-15-24(6-4-2)36-19-23/h4,6-10,14,16-18,23-24H,3,5,11-13,15,19H2,1-2H3/b6-4+. The first-order chi connectivity index (χ1) is 17.4. The van der Waals surface area contributed by atoms with Gasteiger partial charge in [-0.15, -0.1) is 0 Å². The van der Waals surface area contributed by atoms with Crippen LogP contribution in [-0.2, 0) is 24.0 Å². The van der Waals surface area contributed by atoms with E-state index in [4.69, 9.17) is 4.74 Å². The molecule has 0 N–H and O–H groups in total. The van der Waals surface area contributed by atoms with Crippen molar-refractivity contribution in [2.24, 2.45) is 0 Å². The number of benzene rings is 3. The summed E-state index contributed by atoms with van der Waals surface area (Å²) in [5.41, 5.74) is 2.13. The van der Waals surface area contributed by atoms with Crippen LogP contribution in [0.5, 0.6) is 0 Å². The highest BCUT2D eigenvalue weighted by Gasteiger charge is 2.27. The topological polar surface area (TPSA) is 9.23 Å². The van der Waals surface area contributed by atoms with Crippen molar-refractivity contribution in [3.05, 3.63) is 106 Å². The van der Waals surface area contributed by atoms with Gasteiger partial charge in [0.1, 0.15) is 0 Å². The number of aryl methyl sites for hydroxylation is 3. The van der Waals surface area contributed by atoms with Gasteiger partial charge < -0.3 is 4.74 Å². The summed E-state index contributed by atoms with van der Waals surface area (Å²) in [6.07, 6.45) is 8.13. The molecule has 1 aliphatic rings. The van der Waals surface area contributed by atoms with E-state index < -0.39 is 23.3 Å². The maximum atomic E-state index is 15.1. The summed E-state index contributed by atoms with van der Waals surface area (Å²) in [5.74, 6) is -4.65. The van der Waals surface area contributed by atoms with Crippen molar-refractivity contribution >= 4 is 0 Å². The molecule has 1 aliphatic heterocycles. The van der Waals surface area contributed by atoms with Crippen LogP contribution in [0.1, 0.15) is 61.3 Å². The molecule has 5 heteroatoms. The lowest BCUT2D eigenvalue weighted by molar-refractivity contribution is 0.0317. The van der Waals surface area contributed by atoms with Crippen molar-refractivity contribution in [2.45, 2.75) is 64.4 Å². The molecule has 190 valence electrons. The van der Waals surface area contributed by atoms with Crippen LogP contribution in [0.25, 0.3) is 11.1 Å². The Balaban J connectivity index is 1.50. The summed E-state index contributed by atoms with van der Waals surface area (Å²) < 4.78 is 65.7. The summed E-state index contributed by atoms with van der Waals surface area (Å²) in [5, 5.41) is 0. The van der Waals surface area contributed by atoms with Crippen molar-refractivity contribution in [3.8, 4) is 11.1 Å². The second-order valence-corrected chi connectivity index (χ2v) is 9.47. The molecule has 0 spiro atoms. The van der Waals surface area contributed by atoms with E-state index in [9.17, 15) is 4.39 Å². The van der Waals surface area contributed by atoms with E-state index in [1.165, 1.54) is 29.8 Å². The second kappa shape index (κ2) is 11.9. The third-order valence-electron chi connectivity index (χ3n) is 6.97. The first kappa shape index (κ1) is 26.2. The van der Waals surface area contributed by atoms with Gasteiger partial charge >= 0.3 is 0 Å². The Bertz CT molecular complexity index is 1210. The van der Waals surface area contributed by atoms with Crippen LogP contribution in [0.4, 0.5) is 17.6 Å². The second-order valence-electron chi connectivity index (χ2n) is 9.47. The van der Waals surface area contributed by atoms with Crippen LogP contribution in [0.15, 0.2) is 60.7 Å². The first-order valence-corrected chi connectivity index (χ1v) is 12.7. The Labute approximate surface area is 210 Å². The number of hydrogen-bond acceptors (Lipinski definition) is 1. The molecule has 36 heavy (non-hydrogen) atoms. The van der Waals surface area contributed by atoms with Crippen molar-refractivity contribution in [1.82, 2.24) is 0 Å². The molecule has 4 rings (SSSR count). The molecular formula is C31H32F4O. The molecule has 0 saturated carbocycles. The molecule has 0 amide bonds. The third kappa shape index (κ3) is 5.73. The SMILES string of the molecule is C/C=C/C1CCC(c2ccc(-c3ccc(CCc4ccc(CCC)cc4)c(F)c3F)c(F)c2F)CO1. The minimum atomic E-state index is -1.17. The molecule has 2 unspecified atom stereocenters. The summed E-state index contributed by atoms with van der Waals surface area (Å²) in [7, 11) is 0. The smallest absolute Gasteiger partial charge is 0.167 e. The Hall–Kier alpha value is -2.92. The summed E-state index contributed by atoms with van der Waals surface area (Å²) >= 11 is 0. The lowest BCUT2D eigenvalue weighted by Crippen LogP contribution is -2.24. The zero-order chi connectivity index (χ0) is 25.7. The predicted molar refractivity (Wildman–Crippen MR) is 136 cm³/mol. The molecule has 0 aromatic heterocycles. The minimum absolute atomic E-state index is 0.0190. The highest BCUT2D eigenvalue weighted by Crippen LogP contribution is 2.36. The molecule has 1 fully saturated rings. The number of allylic oxidation sites excluding steroid dienone is 1. The molecule has 1 heterocycles. The quantitative estimate of drug-likeness (QED) is 0.224. The van der Waals surface area contributed by atoms with E-state index in [-0.39, 0.29) is 40.9 Å². The van der Waals surface area contributed by atoms with Crippen molar-refractivity contribution in [3.63, 3.8) is 0 Å². The van der Waals surface area contributed by atoms with Crippen LogP contribution in [0, 0.1) is 23.3 Å². The highest BCUT2D eigenvalue weighted by atomic mass is 19.2. The van der Waals surface area contributed by atoms with Crippen LogP contribution in [0.2, 0.25) is 0 Å². The Morgan fingerprint density at radius 1 is 0.750 bits per heavy atom. The fourth-order valence-electron chi connectivity index (χ4n) is 4.90. The average Bonchev–Trinajstić information content (AvgIpc) is 2.89. The third-order valence-corrected chi connectivity index (χ3v) is 6.97. The molecule has 0 bridgehead atoms. The molecule has 3 aromatic rings. The molecule has 1 saturated heterocycles. The highest BCUT2D eigenvalue weighted by molar-refractivity contribution is 5.66. The summed E-state index contributed by atoms with van der Waals surface area (Å²) in [4.78, 5) is 0. The van der Waals surface area contributed by atoms with Gasteiger partial charge in [-0.2, -0.15) is 0 Å². The van der Waals surface area contributed by atoms with Gasteiger partial charge in [-0.05, 0) is 61.3 Å². The van der Waals surface area contributed by atoms with E-state index >= 15 is 13.2 Å². The fraction of sp³-hybridized carbons (Fsp3) is 0.355. The number of ether oxygens (including phenoxy) is 1. The van der Waals surface area contributed by atoms with Gasteiger partial charge in [-0.3, -0.25) is 0 Å². The Kier molecular flexibility index (Phi) is 8.63. The van der Waals surface area contributed by atoms with E-state index in [1.54, 1.807) is 0 Å². The van der Waals surface area contributed by atoms with Crippen LogP contribution in [-0.4, -0.2) is 12.7 Å². The van der Waals surface area contributed by atoms with Crippen LogP contribution >= 0.6 is 0 Å². The van der Waals surface area contributed by atoms with Gasteiger partial charge in [-0.1, -0.05) is 74.0 Å². The van der Waals surface area contributed by atoms with E-state index in [2.05, 4.69) is 19.1 Å². The molecule has 3 aromatic carbocycles. The van der Waals surface area contributed by atoms with Gasteiger partial charge in [0.25, 0.3) is 0 Å². The number of rotatable bonds is 8. The fourth-order valence-corrected chi connectivity index (χ4v) is 4.90. The average molecular weight is 497 g/mol. The first-order valence-electron chi connectivity index (χ1n) is 12.7. The van der Waals surface area contributed by atoms with Gasteiger partial charge in [0, 0.05) is 17.0 Å². The van der Waals surface area contributed by atoms with E-state index in [0.29, 0.717) is 25.7 Å². The molecule has 0 aliphatic carbocycles. The monoisotopic (exact) mass is 496 g/mol. The minimum Gasteiger partial charge on any atom is -0.374 e. The lowest BCUT2D eigenvalue weighted by atomic mass is 9.89. The van der Waals surface area contributed by atoms with Crippen LogP contribution < -0.4 is 0 Å². The van der Waals surface area contributed by atoms with Crippen molar-refractivity contribution in [1.29, 1.82) is 0 Å². The number of hydrogen-bond donors (Lipinski definition) is 0. The lowest BCUT2D eigenvalue weighted by Gasteiger charge is -2.28. The molecular weight excluding hydrogens is 464 g/mol. The van der Waals surface area contributed by atoms with Gasteiger partial charge in [0.15, 0.2) is 23.3 Å². The zero-order valence-electron chi connectivity index (χ0n) is 20.8. The maximum Gasteiger partial charge on any atom is 0.167 e. The Morgan fingerprint density at radius 2 is 1.39 bits per heavy atom. The van der Waals surface area contributed by atoms with Gasteiger partial charge in [0.05, 0.1) is 12.7 Å². The largest absolute Gasteiger partial charge is 0.374 e.